The van der Waals surface area contributed by atoms with Gasteiger partial charge in [-0.25, -0.2) is 4.98 Å². The third kappa shape index (κ3) is 4.33. The molecule has 0 radical (unpaired) electrons. The van der Waals surface area contributed by atoms with E-state index in [9.17, 15) is 4.79 Å². The summed E-state index contributed by atoms with van der Waals surface area (Å²) in [5, 5.41) is 0.582. The van der Waals surface area contributed by atoms with Crippen LogP contribution in [0.25, 0.3) is 11.0 Å². The largest absolute Gasteiger partial charge is 0.493 e. The Bertz CT molecular complexity index is 1320. The molecule has 1 fully saturated rings. The van der Waals surface area contributed by atoms with Gasteiger partial charge in [0, 0.05) is 25.4 Å². The van der Waals surface area contributed by atoms with E-state index in [1.165, 1.54) is 0 Å². The summed E-state index contributed by atoms with van der Waals surface area (Å²) in [5.74, 6) is 2.45. The maximum absolute atomic E-state index is 12.9. The zero-order valence-electron chi connectivity index (χ0n) is 19.0. The lowest BCUT2D eigenvalue weighted by atomic mass is 10.1. The average Bonchev–Trinajstić information content (AvgIpc) is 3.43. The Balaban J connectivity index is 1.35. The number of amides is 1. The summed E-state index contributed by atoms with van der Waals surface area (Å²) in [6.07, 6.45) is 1.20. The van der Waals surface area contributed by atoms with Crippen molar-refractivity contribution in [1.82, 2.24) is 9.55 Å². The summed E-state index contributed by atoms with van der Waals surface area (Å²) in [6.45, 7) is 1.84. The Morgan fingerprint density at radius 3 is 2.56 bits per heavy atom. The molecule has 1 saturated heterocycles. The van der Waals surface area contributed by atoms with Crippen LogP contribution in [0.15, 0.2) is 72.8 Å². The first-order valence-corrected chi connectivity index (χ1v) is 11.8. The maximum atomic E-state index is 12.9. The van der Waals surface area contributed by atoms with Crippen LogP contribution in [0.2, 0.25) is 5.02 Å². The van der Waals surface area contributed by atoms with Crippen LogP contribution in [0, 0.1) is 0 Å². The van der Waals surface area contributed by atoms with E-state index in [-0.39, 0.29) is 11.8 Å². The van der Waals surface area contributed by atoms with E-state index in [2.05, 4.69) is 10.6 Å². The highest BCUT2D eigenvalue weighted by Gasteiger charge is 2.35. The van der Waals surface area contributed by atoms with E-state index in [0.717, 1.165) is 47.0 Å². The van der Waals surface area contributed by atoms with Gasteiger partial charge in [-0.2, -0.15) is 0 Å². The molecular weight excluding hydrogens is 450 g/mol. The smallest absolute Gasteiger partial charge is 0.227 e. The molecule has 0 N–H and O–H groups in total. The highest BCUT2D eigenvalue weighted by Crippen LogP contribution is 2.36. The Morgan fingerprint density at radius 1 is 1.00 bits per heavy atom. The number of imidazole rings is 1. The Kier molecular flexibility index (Phi) is 6.41. The van der Waals surface area contributed by atoms with Crippen LogP contribution < -0.4 is 14.4 Å². The summed E-state index contributed by atoms with van der Waals surface area (Å²) in [5.41, 5.74) is 2.76. The van der Waals surface area contributed by atoms with Crippen molar-refractivity contribution < 1.29 is 14.3 Å². The Hall–Kier alpha value is -3.51. The van der Waals surface area contributed by atoms with E-state index in [1.54, 1.807) is 12.0 Å². The first-order valence-electron chi connectivity index (χ1n) is 11.4. The van der Waals surface area contributed by atoms with Crippen LogP contribution in [-0.2, 0) is 11.3 Å². The third-order valence-electron chi connectivity index (χ3n) is 6.17. The second-order valence-electron chi connectivity index (χ2n) is 8.32. The fourth-order valence-corrected chi connectivity index (χ4v) is 4.81. The molecular formula is C27H26ClN3O3. The van der Waals surface area contributed by atoms with Crippen LogP contribution in [0.4, 0.5) is 5.69 Å². The van der Waals surface area contributed by atoms with Gasteiger partial charge in [-0.05, 0) is 42.8 Å². The number of fused-ring (bicyclic) bond motifs is 1. The van der Waals surface area contributed by atoms with Crippen LogP contribution in [0.5, 0.6) is 11.5 Å². The Morgan fingerprint density at radius 2 is 1.74 bits per heavy atom. The number of aromatic nitrogens is 2. The van der Waals surface area contributed by atoms with Gasteiger partial charge in [0.25, 0.3) is 0 Å². The molecule has 1 aliphatic rings. The molecule has 1 amide bonds. The standard InChI is InChI=1S/C27H26ClN3O3/c1-33-24-13-6-7-14-25(24)34-16-8-15-30-23-12-5-3-10-21(23)29-27(30)19-17-26(32)31(18-19)22-11-4-2-9-20(22)28/h2-7,9-14,19H,8,15-18H2,1H3/t19-/m0/s1. The zero-order valence-corrected chi connectivity index (χ0v) is 19.7. The Labute approximate surface area is 203 Å². The van der Waals surface area contributed by atoms with Crippen molar-refractivity contribution >= 4 is 34.2 Å². The van der Waals surface area contributed by atoms with Gasteiger partial charge in [0.15, 0.2) is 11.5 Å². The number of rotatable bonds is 8. The number of anilines is 1. The number of aryl methyl sites for hydroxylation is 1. The first kappa shape index (κ1) is 22.3. The molecule has 1 aromatic heterocycles. The van der Waals surface area contributed by atoms with Crippen molar-refractivity contribution in [3.05, 3.63) is 83.6 Å². The number of para-hydroxylation sites is 5. The highest BCUT2D eigenvalue weighted by atomic mass is 35.5. The van der Waals surface area contributed by atoms with Crippen molar-refractivity contribution in [3.8, 4) is 11.5 Å². The normalized spacial score (nSPS) is 15.8. The minimum absolute atomic E-state index is 0.00805. The van der Waals surface area contributed by atoms with Gasteiger partial charge >= 0.3 is 0 Å². The predicted molar refractivity (Wildman–Crippen MR) is 134 cm³/mol. The first-order chi connectivity index (χ1) is 16.7. The van der Waals surface area contributed by atoms with Crippen molar-refractivity contribution in [2.75, 3.05) is 25.2 Å². The minimum atomic E-state index is -0.00805. The number of nitrogens with zero attached hydrogens (tertiary/aromatic N) is 3. The third-order valence-corrected chi connectivity index (χ3v) is 6.49. The minimum Gasteiger partial charge on any atom is -0.493 e. The van der Waals surface area contributed by atoms with Gasteiger partial charge in [0.1, 0.15) is 5.82 Å². The van der Waals surface area contributed by atoms with Gasteiger partial charge in [-0.3, -0.25) is 4.79 Å². The summed E-state index contributed by atoms with van der Waals surface area (Å²) in [6, 6.07) is 23.2. The molecule has 6 nitrogen and oxygen atoms in total. The van der Waals surface area contributed by atoms with E-state index in [1.807, 2.05) is 66.7 Å². The highest BCUT2D eigenvalue weighted by molar-refractivity contribution is 6.33. The molecule has 0 unspecified atom stereocenters. The van der Waals surface area contributed by atoms with Crippen LogP contribution in [-0.4, -0.2) is 35.7 Å². The monoisotopic (exact) mass is 475 g/mol. The molecule has 0 bridgehead atoms. The summed E-state index contributed by atoms with van der Waals surface area (Å²) < 4.78 is 13.6. The lowest BCUT2D eigenvalue weighted by Crippen LogP contribution is -2.24. The molecule has 4 aromatic rings. The fourth-order valence-electron chi connectivity index (χ4n) is 4.57. The van der Waals surface area contributed by atoms with Crippen molar-refractivity contribution in [2.24, 2.45) is 0 Å². The molecule has 0 spiro atoms. The topological polar surface area (TPSA) is 56.6 Å². The molecule has 5 rings (SSSR count). The molecule has 0 aliphatic carbocycles. The van der Waals surface area contributed by atoms with Gasteiger partial charge < -0.3 is 18.9 Å². The van der Waals surface area contributed by atoms with Crippen molar-refractivity contribution in [1.29, 1.82) is 0 Å². The number of ether oxygens (including phenoxy) is 2. The van der Waals surface area contributed by atoms with Crippen LogP contribution >= 0.6 is 11.6 Å². The summed E-state index contributed by atoms with van der Waals surface area (Å²) >= 11 is 6.38. The lowest BCUT2D eigenvalue weighted by Gasteiger charge is -2.18. The van der Waals surface area contributed by atoms with Crippen molar-refractivity contribution in [3.63, 3.8) is 0 Å². The van der Waals surface area contributed by atoms with Crippen molar-refractivity contribution in [2.45, 2.75) is 25.3 Å². The van der Waals surface area contributed by atoms with E-state index in [0.29, 0.717) is 24.6 Å². The quantitative estimate of drug-likeness (QED) is 0.307. The molecule has 2 heterocycles. The molecule has 1 atom stereocenters. The van der Waals surface area contributed by atoms with Gasteiger partial charge in [0.2, 0.25) is 5.91 Å². The summed E-state index contributed by atoms with van der Waals surface area (Å²) in [4.78, 5) is 19.6. The van der Waals surface area contributed by atoms with E-state index < -0.39 is 0 Å². The second kappa shape index (κ2) is 9.77. The lowest BCUT2D eigenvalue weighted by molar-refractivity contribution is -0.117. The summed E-state index contributed by atoms with van der Waals surface area (Å²) in [7, 11) is 1.64. The van der Waals surface area contributed by atoms with E-state index >= 15 is 0 Å². The van der Waals surface area contributed by atoms with Crippen LogP contribution in [0.1, 0.15) is 24.6 Å². The molecule has 7 heteroatoms. The molecule has 34 heavy (non-hydrogen) atoms. The SMILES string of the molecule is COc1ccccc1OCCCn1c([C@H]2CC(=O)N(c3ccccc3Cl)C2)nc2ccccc21. The number of methoxy groups -OCH3 is 1. The van der Waals surface area contributed by atoms with Crippen LogP contribution in [0.3, 0.4) is 0 Å². The van der Waals surface area contributed by atoms with E-state index in [4.69, 9.17) is 26.1 Å². The number of carbonyl (C=O) groups is 1. The molecule has 0 saturated carbocycles. The number of carbonyl (C=O) groups excluding carboxylic acids is 1. The second-order valence-corrected chi connectivity index (χ2v) is 8.73. The van der Waals surface area contributed by atoms with Gasteiger partial charge in [-0.15, -0.1) is 0 Å². The molecule has 1 aliphatic heterocycles. The predicted octanol–water partition coefficient (Wildman–Crippen LogP) is 5.69. The van der Waals surface area contributed by atoms with Gasteiger partial charge in [0.05, 0.1) is 35.5 Å². The molecule has 174 valence electrons. The van der Waals surface area contributed by atoms with Gasteiger partial charge in [-0.1, -0.05) is 48.0 Å². The zero-order chi connectivity index (χ0) is 23.5. The number of benzene rings is 3. The number of hydrogen-bond donors (Lipinski definition) is 0. The molecule has 3 aromatic carbocycles. The number of halogens is 1. The average molecular weight is 476 g/mol. The number of hydrogen-bond acceptors (Lipinski definition) is 4. The maximum Gasteiger partial charge on any atom is 0.227 e. The fraction of sp³-hybridized carbons (Fsp3) is 0.259.